The fraction of sp³-hybridized carbons (Fsp3) is 0.897. The highest BCUT2D eigenvalue weighted by atomic mass is 16.3. The molecule has 0 saturated heterocycles. The molecule has 0 aromatic carbocycles. The lowest BCUT2D eigenvalue weighted by atomic mass is 9.46. The molecular weight excluding hydrogens is 380 g/mol. The Hall–Kier alpha value is -0.630. The molecule has 1 N–H and O–H groups in total. The van der Waals surface area contributed by atoms with Crippen molar-refractivity contribution in [1.29, 1.82) is 0 Å². The molecule has 0 bridgehead atoms. The standard InChI is InChI=1S/C29H48O2/c1-7-20(18(2)3)9-8-19(4)23-10-11-24-27-25(13-15-29(23,24)6)28(5)14-12-22(30)16-21(28)17-26(27)31/h17-20,22-25,27,30H,7-16H2,1-6H3/t19-,20-,22?,23-,24+,25+,27-,28-,29-/m1/s1. The molecule has 31 heavy (non-hydrogen) atoms. The molecule has 176 valence electrons. The smallest absolute Gasteiger partial charge is 0.159 e. The van der Waals surface area contributed by atoms with E-state index in [1.165, 1.54) is 50.5 Å². The quantitative estimate of drug-likeness (QED) is 0.485. The van der Waals surface area contributed by atoms with E-state index in [4.69, 9.17) is 0 Å². The number of allylic oxidation sites excluding steroid dienone is 1. The molecular formula is C29H48O2. The van der Waals surface area contributed by atoms with Crippen LogP contribution in [0, 0.1) is 52.3 Å². The number of hydrogen-bond donors (Lipinski definition) is 1. The zero-order valence-electron chi connectivity index (χ0n) is 21.1. The lowest BCUT2D eigenvalue weighted by Gasteiger charge is -2.57. The van der Waals surface area contributed by atoms with Crippen LogP contribution < -0.4 is 0 Å². The second kappa shape index (κ2) is 8.62. The number of ketones is 1. The number of fused-ring (bicyclic) bond motifs is 5. The van der Waals surface area contributed by atoms with Crippen molar-refractivity contribution in [3.63, 3.8) is 0 Å². The summed E-state index contributed by atoms with van der Waals surface area (Å²) in [6, 6.07) is 0. The number of rotatable bonds is 6. The molecule has 0 heterocycles. The highest BCUT2D eigenvalue weighted by Crippen LogP contribution is 2.66. The van der Waals surface area contributed by atoms with Crippen LogP contribution in [-0.4, -0.2) is 17.0 Å². The third-order valence-corrected chi connectivity index (χ3v) is 11.1. The molecule has 4 aliphatic rings. The molecule has 9 atom stereocenters. The molecule has 2 nitrogen and oxygen atoms in total. The van der Waals surface area contributed by atoms with E-state index in [9.17, 15) is 9.90 Å². The van der Waals surface area contributed by atoms with Crippen molar-refractivity contribution < 1.29 is 9.90 Å². The predicted octanol–water partition coefficient (Wildman–Crippen LogP) is 7.20. The van der Waals surface area contributed by atoms with Gasteiger partial charge in [-0.15, -0.1) is 0 Å². The zero-order valence-corrected chi connectivity index (χ0v) is 21.1. The third kappa shape index (κ3) is 3.87. The van der Waals surface area contributed by atoms with E-state index in [2.05, 4.69) is 41.5 Å². The molecule has 0 aliphatic heterocycles. The van der Waals surface area contributed by atoms with Crippen LogP contribution >= 0.6 is 0 Å². The Kier molecular flexibility index (Phi) is 6.54. The van der Waals surface area contributed by atoms with E-state index < -0.39 is 0 Å². The van der Waals surface area contributed by atoms with Gasteiger partial charge in [0.25, 0.3) is 0 Å². The Morgan fingerprint density at radius 2 is 1.77 bits per heavy atom. The van der Waals surface area contributed by atoms with Crippen LogP contribution in [-0.2, 0) is 4.79 Å². The van der Waals surface area contributed by atoms with Gasteiger partial charge in [-0.1, -0.05) is 60.0 Å². The summed E-state index contributed by atoms with van der Waals surface area (Å²) >= 11 is 0. The second-order valence-electron chi connectivity index (χ2n) is 12.8. The Balaban J connectivity index is 1.52. The molecule has 3 saturated carbocycles. The van der Waals surface area contributed by atoms with Gasteiger partial charge in [-0.3, -0.25) is 4.79 Å². The summed E-state index contributed by atoms with van der Waals surface area (Å²) in [5.74, 6) is 4.90. The predicted molar refractivity (Wildman–Crippen MR) is 129 cm³/mol. The lowest BCUT2D eigenvalue weighted by molar-refractivity contribution is -0.135. The molecule has 0 spiro atoms. The first-order valence-corrected chi connectivity index (χ1v) is 13.5. The first kappa shape index (κ1) is 23.5. The highest BCUT2D eigenvalue weighted by molar-refractivity contribution is 5.94. The minimum Gasteiger partial charge on any atom is -0.393 e. The Morgan fingerprint density at radius 1 is 1.03 bits per heavy atom. The van der Waals surface area contributed by atoms with Crippen molar-refractivity contribution in [3.8, 4) is 0 Å². The molecule has 1 unspecified atom stereocenters. The van der Waals surface area contributed by atoms with Crippen LogP contribution in [0.2, 0.25) is 0 Å². The molecule has 0 amide bonds. The van der Waals surface area contributed by atoms with E-state index in [0.29, 0.717) is 23.0 Å². The lowest BCUT2D eigenvalue weighted by Crippen LogP contribution is -2.53. The van der Waals surface area contributed by atoms with Crippen molar-refractivity contribution in [1.82, 2.24) is 0 Å². The van der Waals surface area contributed by atoms with Gasteiger partial charge in [0, 0.05) is 5.92 Å². The number of aliphatic hydroxyl groups excluding tert-OH is 1. The van der Waals surface area contributed by atoms with Crippen LogP contribution in [0.1, 0.15) is 106 Å². The normalized spacial score (nSPS) is 44.3. The minimum atomic E-state index is -0.243. The van der Waals surface area contributed by atoms with E-state index in [1.807, 2.05) is 6.08 Å². The van der Waals surface area contributed by atoms with Gasteiger partial charge in [-0.25, -0.2) is 0 Å². The SMILES string of the molecule is CC[C@H](CC[C@@H](C)[C@H]1CC[C@H]2[C@H]3C(=O)C=C4CC(O)CC[C@@]4(C)[C@H]3CC[C@]12C)C(C)C. The van der Waals surface area contributed by atoms with E-state index in [-0.39, 0.29) is 17.4 Å². The largest absolute Gasteiger partial charge is 0.393 e. The summed E-state index contributed by atoms with van der Waals surface area (Å²) in [5.41, 5.74) is 1.75. The van der Waals surface area contributed by atoms with E-state index in [0.717, 1.165) is 42.9 Å². The monoisotopic (exact) mass is 428 g/mol. The summed E-state index contributed by atoms with van der Waals surface area (Å²) in [5, 5.41) is 10.2. The molecule has 4 aliphatic carbocycles. The average Bonchev–Trinajstić information content (AvgIpc) is 3.06. The second-order valence-corrected chi connectivity index (χ2v) is 12.8. The van der Waals surface area contributed by atoms with Gasteiger partial charge in [0.15, 0.2) is 5.78 Å². The average molecular weight is 429 g/mol. The fourth-order valence-corrected chi connectivity index (χ4v) is 9.04. The summed E-state index contributed by atoms with van der Waals surface area (Å²) < 4.78 is 0. The molecule has 3 fully saturated rings. The van der Waals surface area contributed by atoms with Crippen LogP contribution in [0.3, 0.4) is 0 Å². The third-order valence-electron chi connectivity index (χ3n) is 11.1. The number of carbonyl (C=O) groups is 1. The molecule has 2 heteroatoms. The maximum atomic E-state index is 13.5. The number of aliphatic hydroxyl groups is 1. The Labute approximate surface area is 191 Å². The van der Waals surface area contributed by atoms with Gasteiger partial charge in [-0.05, 0) is 104 Å². The molecule has 0 aromatic rings. The maximum absolute atomic E-state index is 13.5. The zero-order chi connectivity index (χ0) is 22.6. The van der Waals surface area contributed by atoms with Crippen LogP contribution in [0.4, 0.5) is 0 Å². The fourth-order valence-electron chi connectivity index (χ4n) is 9.04. The summed E-state index contributed by atoms with van der Waals surface area (Å²) in [7, 11) is 0. The number of carbonyl (C=O) groups excluding carboxylic acids is 1. The van der Waals surface area contributed by atoms with Crippen molar-refractivity contribution >= 4 is 5.78 Å². The summed E-state index contributed by atoms with van der Waals surface area (Å²) in [4.78, 5) is 13.5. The minimum absolute atomic E-state index is 0.147. The molecule has 0 radical (unpaired) electrons. The summed E-state index contributed by atoms with van der Waals surface area (Å²) in [6.45, 7) is 14.6. The summed E-state index contributed by atoms with van der Waals surface area (Å²) in [6.07, 6.45) is 13.5. The van der Waals surface area contributed by atoms with Gasteiger partial charge in [0.2, 0.25) is 0 Å². The van der Waals surface area contributed by atoms with Crippen molar-refractivity contribution in [3.05, 3.63) is 11.6 Å². The van der Waals surface area contributed by atoms with Crippen LogP contribution in [0.5, 0.6) is 0 Å². The van der Waals surface area contributed by atoms with Crippen molar-refractivity contribution in [2.24, 2.45) is 52.3 Å². The topological polar surface area (TPSA) is 37.3 Å². The Morgan fingerprint density at radius 3 is 2.45 bits per heavy atom. The van der Waals surface area contributed by atoms with Gasteiger partial charge < -0.3 is 5.11 Å². The first-order chi connectivity index (χ1) is 14.6. The van der Waals surface area contributed by atoms with Crippen molar-refractivity contribution in [2.75, 3.05) is 0 Å². The van der Waals surface area contributed by atoms with E-state index >= 15 is 0 Å². The molecule has 0 aromatic heterocycles. The van der Waals surface area contributed by atoms with Gasteiger partial charge in [0.1, 0.15) is 0 Å². The van der Waals surface area contributed by atoms with Gasteiger partial charge in [0.05, 0.1) is 6.10 Å². The number of hydrogen-bond acceptors (Lipinski definition) is 2. The van der Waals surface area contributed by atoms with Gasteiger partial charge >= 0.3 is 0 Å². The van der Waals surface area contributed by atoms with Crippen molar-refractivity contribution in [2.45, 2.75) is 112 Å². The maximum Gasteiger partial charge on any atom is 0.159 e. The van der Waals surface area contributed by atoms with Crippen LogP contribution in [0.15, 0.2) is 11.6 Å². The Bertz CT molecular complexity index is 708. The van der Waals surface area contributed by atoms with Crippen LogP contribution in [0.25, 0.3) is 0 Å². The molecule has 4 rings (SSSR count). The first-order valence-electron chi connectivity index (χ1n) is 13.5. The van der Waals surface area contributed by atoms with Gasteiger partial charge in [-0.2, -0.15) is 0 Å². The highest BCUT2D eigenvalue weighted by Gasteiger charge is 2.61. The van der Waals surface area contributed by atoms with E-state index in [1.54, 1.807) is 0 Å².